The minimum Gasteiger partial charge on any atom is -0.395 e. The average molecular weight is 268 g/mol. The van der Waals surface area contributed by atoms with Gasteiger partial charge in [0.2, 0.25) is 0 Å². The third-order valence-corrected chi connectivity index (χ3v) is 3.76. The Hall–Kier alpha value is -0.330. The minimum atomic E-state index is -4.23. The van der Waals surface area contributed by atoms with Crippen LogP contribution in [0.3, 0.4) is 0 Å². The molecule has 1 aliphatic carbocycles. The molecule has 0 bridgehead atoms. The van der Waals surface area contributed by atoms with E-state index in [9.17, 15) is 13.2 Å². The summed E-state index contributed by atoms with van der Waals surface area (Å²) in [6.45, 7) is 1.33. The highest BCUT2D eigenvalue weighted by Gasteiger charge is 2.38. The Morgan fingerprint density at radius 3 is 2.50 bits per heavy atom. The maximum Gasteiger partial charge on any atom is 0.401 e. The van der Waals surface area contributed by atoms with Crippen LogP contribution in [0.4, 0.5) is 13.2 Å². The zero-order chi connectivity index (χ0) is 13.8. The summed E-state index contributed by atoms with van der Waals surface area (Å²) < 4.78 is 37.7. The lowest BCUT2D eigenvalue weighted by atomic mass is 9.78. The SMILES string of the molecule is CC1CCC(CN)C(N(CCO)CC(F)(F)F)C1. The highest BCUT2D eigenvalue weighted by molar-refractivity contribution is 4.87. The van der Waals surface area contributed by atoms with Gasteiger partial charge in [-0.05, 0) is 31.2 Å². The monoisotopic (exact) mass is 268 g/mol. The molecule has 3 nitrogen and oxygen atoms in total. The van der Waals surface area contributed by atoms with Crippen molar-refractivity contribution in [1.29, 1.82) is 0 Å². The number of nitrogens with two attached hydrogens (primary N) is 1. The third kappa shape index (κ3) is 4.74. The average Bonchev–Trinajstić information content (AvgIpc) is 2.26. The summed E-state index contributed by atoms with van der Waals surface area (Å²) in [4.78, 5) is 1.35. The number of aliphatic hydroxyl groups excluding tert-OH is 1. The van der Waals surface area contributed by atoms with Gasteiger partial charge in [-0.2, -0.15) is 13.2 Å². The van der Waals surface area contributed by atoms with E-state index in [2.05, 4.69) is 6.92 Å². The van der Waals surface area contributed by atoms with Gasteiger partial charge in [0.1, 0.15) is 0 Å². The summed E-state index contributed by atoms with van der Waals surface area (Å²) in [5.74, 6) is 0.530. The van der Waals surface area contributed by atoms with Gasteiger partial charge in [-0.3, -0.25) is 4.90 Å². The molecule has 0 aromatic carbocycles. The van der Waals surface area contributed by atoms with Gasteiger partial charge in [0.05, 0.1) is 13.2 Å². The van der Waals surface area contributed by atoms with Crippen LogP contribution in [0, 0.1) is 11.8 Å². The number of hydrogen-bond donors (Lipinski definition) is 2. The van der Waals surface area contributed by atoms with E-state index in [1.807, 2.05) is 0 Å². The molecule has 1 saturated carbocycles. The Labute approximate surface area is 106 Å². The Balaban J connectivity index is 2.73. The van der Waals surface area contributed by atoms with Crippen molar-refractivity contribution >= 4 is 0 Å². The second-order valence-electron chi connectivity index (χ2n) is 5.29. The fourth-order valence-corrected chi connectivity index (χ4v) is 2.86. The van der Waals surface area contributed by atoms with Gasteiger partial charge < -0.3 is 10.8 Å². The first-order chi connectivity index (χ1) is 8.37. The van der Waals surface area contributed by atoms with Crippen molar-refractivity contribution in [2.24, 2.45) is 17.6 Å². The fraction of sp³-hybridized carbons (Fsp3) is 1.00. The first-order valence-electron chi connectivity index (χ1n) is 6.49. The molecule has 18 heavy (non-hydrogen) atoms. The van der Waals surface area contributed by atoms with Crippen LogP contribution in [0.2, 0.25) is 0 Å². The molecule has 1 aliphatic rings. The largest absolute Gasteiger partial charge is 0.401 e. The predicted molar refractivity (Wildman–Crippen MR) is 64.1 cm³/mol. The topological polar surface area (TPSA) is 49.5 Å². The molecule has 0 aromatic rings. The Morgan fingerprint density at radius 1 is 1.33 bits per heavy atom. The van der Waals surface area contributed by atoms with Crippen LogP contribution in [0.1, 0.15) is 26.2 Å². The lowest BCUT2D eigenvalue weighted by Crippen LogP contribution is -2.50. The van der Waals surface area contributed by atoms with E-state index in [0.717, 1.165) is 19.3 Å². The smallest absolute Gasteiger partial charge is 0.395 e. The van der Waals surface area contributed by atoms with E-state index >= 15 is 0 Å². The molecule has 3 atom stereocenters. The van der Waals surface area contributed by atoms with Crippen LogP contribution in [-0.4, -0.2) is 48.5 Å². The van der Waals surface area contributed by atoms with Crippen molar-refractivity contribution < 1.29 is 18.3 Å². The predicted octanol–water partition coefficient (Wildman–Crippen LogP) is 1.61. The van der Waals surface area contributed by atoms with Crippen LogP contribution in [-0.2, 0) is 0 Å². The molecule has 1 rings (SSSR count). The van der Waals surface area contributed by atoms with Gasteiger partial charge in [-0.15, -0.1) is 0 Å². The summed E-state index contributed by atoms with van der Waals surface area (Å²) >= 11 is 0. The van der Waals surface area contributed by atoms with Gasteiger partial charge in [0, 0.05) is 12.6 Å². The fourth-order valence-electron chi connectivity index (χ4n) is 2.86. The third-order valence-electron chi connectivity index (χ3n) is 3.76. The standard InChI is InChI=1S/C12H23F3N2O/c1-9-2-3-10(7-16)11(6-9)17(4-5-18)8-12(13,14)15/h9-11,18H,2-8,16H2,1H3. The molecular formula is C12H23F3N2O. The molecular weight excluding hydrogens is 245 g/mol. The van der Waals surface area contributed by atoms with E-state index in [-0.39, 0.29) is 25.1 Å². The molecule has 0 aliphatic heterocycles. The minimum absolute atomic E-state index is 0.0629. The Kier molecular flexibility index (Phi) is 5.88. The van der Waals surface area contributed by atoms with Crippen molar-refractivity contribution in [3.8, 4) is 0 Å². The first-order valence-corrected chi connectivity index (χ1v) is 6.49. The van der Waals surface area contributed by atoms with E-state index in [1.54, 1.807) is 0 Å². The van der Waals surface area contributed by atoms with Crippen molar-refractivity contribution in [1.82, 2.24) is 4.90 Å². The second-order valence-corrected chi connectivity index (χ2v) is 5.29. The summed E-state index contributed by atoms with van der Waals surface area (Å²) in [7, 11) is 0. The molecule has 1 fully saturated rings. The van der Waals surface area contributed by atoms with E-state index < -0.39 is 12.7 Å². The molecule has 0 amide bonds. The number of rotatable bonds is 5. The quantitative estimate of drug-likeness (QED) is 0.796. The molecule has 108 valence electrons. The van der Waals surface area contributed by atoms with E-state index in [1.165, 1.54) is 4.90 Å². The summed E-state index contributed by atoms with van der Waals surface area (Å²) in [5.41, 5.74) is 5.67. The van der Waals surface area contributed by atoms with Crippen LogP contribution >= 0.6 is 0 Å². The number of alkyl halides is 3. The molecule has 0 radical (unpaired) electrons. The van der Waals surface area contributed by atoms with Crippen molar-refractivity contribution in [2.45, 2.75) is 38.4 Å². The number of nitrogens with zero attached hydrogens (tertiary/aromatic N) is 1. The second kappa shape index (κ2) is 6.73. The maximum atomic E-state index is 12.6. The Bertz CT molecular complexity index is 248. The maximum absolute atomic E-state index is 12.6. The molecule has 3 N–H and O–H groups in total. The summed E-state index contributed by atoms with van der Waals surface area (Å²) in [6.07, 6.45) is -1.59. The number of aliphatic hydroxyl groups is 1. The van der Waals surface area contributed by atoms with Gasteiger partial charge in [0.15, 0.2) is 0 Å². The van der Waals surface area contributed by atoms with Crippen molar-refractivity contribution in [2.75, 3.05) is 26.2 Å². The van der Waals surface area contributed by atoms with Crippen LogP contribution in [0.15, 0.2) is 0 Å². The van der Waals surface area contributed by atoms with Gasteiger partial charge in [-0.1, -0.05) is 13.3 Å². The summed E-state index contributed by atoms with van der Waals surface area (Å²) in [6, 6.07) is -0.160. The van der Waals surface area contributed by atoms with Gasteiger partial charge in [0.25, 0.3) is 0 Å². The molecule has 6 heteroatoms. The van der Waals surface area contributed by atoms with E-state index in [4.69, 9.17) is 10.8 Å². The molecule has 0 saturated heterocycles. The highest BCUT2D eigenvalue weighted by atomic mass is 19.4. The number of hydrogen-bond acceptors (Lipinski definition) is 3. The van der Waals surface area contributed by atoms with Crippen LogP contribution in [0.5, 0.6) is 0 Å². The van der Waals surface area contributed by atoms with Crippen LogP contribution < -0.4 is 5.73 Å². The van der Waals surface area contributed by atoms with Crippen LogP contribution in [0.25, 0.3) is 0 Å². The number of halogens is 3. The van der Waals surface area contributed by atoms with Gasteiger partial charge >= 0.3 is 6.18 Å². The van der Waals surface area contributed by atoms with Crippen molar-refractivity contribution in [3.05, 3.63) is 0 Å². The summed E-state index contributed by atoms with van der Waals surface area (Å²) in [5, 5.41) is 8.95. The zero-order valence-electron chi connectivity index (χ0n) is 10.8. The molecule has 0 spiro atoms. The highest BCUT2D eigenvalue weighted by Crippen LogP contribution is 2.33. The van der Waals surface area contributed by atoms with E-state index in [0.29, 0.717) is 12.5 Å². The molecule has 0 aromatic heterocycles. The lowest BCUT2D eigenvalue weighted by molar-refractivity contribution is -0.156. The first kappa shape index (κ1) is 15.7. The van der Waals surface area contributed by atoms with Gasteiger partial charge in [-0.25, -0.2) is 0 Å². The molecule has 3 unspecified atom stereocenters. The van der Waals surface area contributed by atoms with Crippen molar-refractivity contribution in [3.63, 3.8) is 0 Å². The molecule has 0 heterocycles. The lowest BCUT2D eigenvalue weighted by Gasteiger charge is -2.41. The Morgan fingerprint density at radius 2 is 2.00 bits per heavy atom. The zero-order valence-corrected chi connectivity index (χ0v) is 10.8. The normalized spacial score (nSPS) is 29.8.